The first kappa shape index (κ1) is 21.9. The molecule has 0 aromatic carbocycles. The number of nitrogens with zero attached hydrogens (tertiary/aromatic N) is 3. The van der Waals surface area contributed by atoms with Crippen LogP contribution in [0.15, 0.2) is 41.8 Å². The highest BCUT2D eigenvalue weighted by Crippen LogP contribution is 2.46. The number of pyridine rings is 1. The van der Waals surface area contributed by atoms with E-state index >= 15 is 0 Å². The number of hydrogen-bond acceptors (Lipinski definition) is 6. The molecule has 0 aliphatic rings. The minimum atomic E-state index is -6.49. The molecule has 0 unspecified atom stereocenters. The van der Waals surface area contributed by atoms with Gasteiger partial charge in [0, 0.05) is 12.4 Å². The summed E-state index contributed by atoms with van der Waals surface area (Å²) in [5.41, 5.74) is 0.881. The van der Waals surface area contributed by atoms with Crippen molar-refractivity contribution in [1.82, 2.24) is 15.0 Å². The van der Waals surface area contributed by atoms with E-state index in [1.54, 1.807) is 18.2 Å². The molecular formula is C15H10F7N3O2S. The first-order chi connectivity index (χ1) is 12.9. The monoisotopic (exact) mass is 429 g/mol. The molecule has 28 heavy (non-hydrogen) atoms. The molecule has 2 aromatic rings. The van der Waals surface area contributed by atoms with E-state index in [-0.39, 0.29) is 5.16 Å². The van der Waals surface area contributed by atoms with Crippen LogP contribution in [0.25, 0.3) is 11.4 Å². The van der Waals surface area contributed by atoms with Crippen LogP contribution in [-0.4, -0.2) is 51.3 Å². The number of rotatable bonds is 7. The fourth-order valence-electron chi connectivity index (χ4n) is 1.70. The summed E-state index contributed by atoms with van der Waals surface area (Å²) in [6.07, 6.45) is -3.64. The van der Waals surface area contributed by atoms with E-state index in [0.29, 0.717) is 23.1 Å². The van der Waals surface area contributed by atoms with E-state index in [1.807, 2.05) is 0 Å². The van der Waals surface area contributed by atoms with Crippen molar-refractivity contribution in [2.45, 2.75) is 23.2 Å². The molecule has 0 atom stereocenters. The zero-order valence-electron chi connectivity index (χ0n) is 13.6. The summed E-state index contributed by atoms with van der Waals surface area (Å²) in [7, 11) is 0. The zero-order chi connectivity index (χ0) is 21.0. The Morgan fingerprint density at radius 3 is 2.29 bits per heavy atom. The Hall–Kier alpha value is -2.44. The van der Waals surface area contributed by atoms with E-state index in [0.717, 1.165) is 0 Å². The second-order valence-electron chi connectivity index (χ2n) is 5.17. The smallest absolute Gasteiger partial charge is 0.458 e. The molecule has 0 N–H and O–H groups in total. The molecule has 0 spiro atoms. The fourth-order valence-corrected chi connectivity index (χ4v) is 2.33. The SMILES string of the molecule is O=C(CSc1nccc(-c2ccccn2)n1)OCC(F)(F)C(F)(F)C(F)(F)F. The van der Waals surface area contributed by atoms with E-state index < -0.39 is 36.4 Å². The Balaban J connectivity index is 1.93. The number of carbonyl (C=O) groups is 1. The Bertz CT molecular complexity index is 819. The Labute approximate surface area is 157 Å². The second-order valence-corrected chi connectivity index (χ2v) is 6.11. The molecule has 0 saturated carbocycles. The van der Waals surface area contributed by atoms with Gasteiger partial charge in [-0.2, -0.15) is 30.7 Å². The number of alkyl halides is 7. The largest absolute Gasteiger partial charge is 0.460 e. The van der Waals surface area contributed by atoms with Gasteiger partial charge in [-0.3, -0.25) is 9.78 Å². The summed E-state index contributed by atoms with van der Waals surface area (Å²) in [4.78, 5) is 23.3. The zero-order valence-corrected chi connectivity index (χ0v) is 14.4. The molecule has 0 aliphatic carbocycles. The molecule has 152 valence electrons. The summed E-state index contributed by atoms with van der Waals surface area (Å²) in [6.45, 7) is -2.42. The maximum atomic E-state index is 13.1. The minimum absolute atomic E-state index is 0.0208. The van der Waals surface area contributed by atoms with Crippen LogP contribution < -0.4 is 0 Å². The molecule has 0 aliphatic heterocycles. The molecule has 2 rings (SSSR count). The van der Waals surface area contributed by atoms with Gasteiger partial charge < -0.3 is 4.74 Å². The van der Waals surface area contributed by atoms with E-state index in [9.17, 15) is 35.5 Å². The summed E-state index contributed by atoms with van der Waals surface area (Å²) in [5, 5.41) is 0.0208. The quantitative estimate of drug-likeness (QED) is 0.287. The van der Waals surface area contributed by atoms with Gasteiger partial charge in [-0.25, -0.2) is 9.97 Å². The first-order valence-electron chi connectivity index (χ1n) is 7.29. The maximum Gasteiger partial charge on any atom is 0.460 e. The Kier molecular flexibility index (Phi) is 6.47. The molecule has 5 nitrogen and oxygen atoms in total. The third kappa shape index (κ3) is 5.09. The summed E-state index contributed by atoms with van der Waals surface area (Å²) in [5.74, 6) is -14.1. The van der Waals surface area contributed by atoms with Crippen LogP contribution in [0.2, 0.25) is 0 Å². The van der Waals surface area contributed by atoms with Crippen molar-refractivity contribution in [3.05, 3.63) is 36.7 Å². The van der Waals surface area contributed by atoms with Crippen LogP contribution in [0.3, 0.4) is 0 Å². The number of carbonyl (C=O) groups excluding carboxylic acids is 1. The first-order valence-corrected chi connectivity index (χ1v) is 8.28. The van der Waals surface area contributed by atoms with Crippen molar-refractivity contribution in [1.29, 1.82) is 0 Å². The fraction of sp³-hybridized carbons (Fsp3) is 0.333. The average molecular weight is 429 g/mol. The minimum Gasteiger partial charge on any atom is -0.458 e. The van der Waals surface area contributed by atoms with E-state index in [4.69, 9.17) is 0 Å². The van der Waals surface area contributed by atoms with Crippen LogP contribution in [0, 0.1) is 0 Å². The number of aromatic nitrogens is 3. The lowest BCUT2D eigenvalue weighted by atomic mass is 10.2. The highest BCUT2D eigenvalue weighted by Gasteiger charge is 2.73. The predicted octanol–water partition coefficient (Wildman–Crippen LogP) is 4.01. The number of halogens is 7. The Morgan fingerprint density at radius 2 is 1.68 bits per heavy atom. The maximum absolute atomic E-state index is 13.1. The highest BCUT2D eigenvalue weighted by atomic mass is 32.2. The average Bonchev–Trinajstić information content (AvgIpc) is 2.64. The molecule has 13 heteroatoms. The summed E-state index contributed by atoms with van der Waals surface area (Å²) < 4.78 is 91.5. The lowest BCUT2D eigenvalue weighted by molar-refractivity contribution is -0.359. The van der Waals surface area contributed by atoms with Gasteiger partial charge in [0.25, 0.3) is 0 Å². The van der Waals surface area contributed by atoms with E-state index in [2.05, 4.69) is 19.7 Å². The van der Waals surface area contributed by atoms with Crippen LogP contribution in [-0.2, 0) is 9.53 Å². The molecular weight excluding hydrogens is 419 g/mol. The molecule has 0 amide bonds. The van der Waals surface area contributed by atoms with Crippen LogP contribution >= 0.6 is 11.8 Å². The Morgan fingerprint density at radius 1 is 0.964 bits per heavy atom. The van der Waals surface area contributed by atoms with Gasteiger partial charge >= 0.3 is 24.0 Å². The third-order valence-electron chi connectivity index (χ3n) is 3.11. The van der Waals surface area contributed by atoms with Crippen molar-refractivity contribution in [3.8, 4) is 11.4 Å². The van der Waals surface area contributed by atoms with Gasteiger partial charge in [0.2, 0.25) is 0 Å². The van der Waals surface area contributed by atoms with Gasteiger partial charge in [0.15, 0.2) is 11.8 Å². The second kappa shape index (κ2) is 8.29. The molecule has 2 aromatic heterocycles. The lowest BCUT2D eigenvalue weighted by Crippen LogP contribution is -2.54. The van der Waals surface area contributed by atoms with Gasteiger partial charge in [-0.05, 0) is 18.2 Å². The van der Waals surface area contributed by atoms with Crippen molar-refractivity contribution in [2.24, 2.45) is 0 Å². The lowest BCUT2D eigenvalue weighted by Gasteiger charge is -2.27. The van der Waals surface area contributed by atoms with Gasteiger partial charge in [-0.1, -0.05) is 17.8 Å². The summed E-state index contributed by atoms with van der Waals surface area (Å²) >= 11 is 0.622. The van der Waals surface area contributed by atoms with Crippen molar-refractivity contribution in [2.75, 3.05) is 12.4 Å². The van der Waals surface area contributed by atoms with Crippen LogP contribution in [0.4, 0.5) is 30.7 Å². The normalized spacial score (nSPS) is 12.7. The van der Waals surface area contributed by atoms with Crippen LogP contribution in [0.5, 0.6) is 0 Å². The van der Waals surface area contributed by atoms with E-state index in [1.165, 1.54) is 18.5 Å². The standard InChI is InChI=1S/C15H10F7N3O2S/c16-13(17,14(18,19)15(20,21)22)8-27-11(26)7-28-12-24-6-4-10(25-12)9-3-1-2-5-23-9/h1-6H,7-8H2. The molecule has 0 fully saturated rings. The van der Waals surface area contributed by atoms with Gasteiger partial charge in [0.05, 0.1) is 17.1 Å². The number of ether oxygens (including phenoxy) is 1. The third-order valence-corrected chi connectivity index (χ3v) is 3.94. The predicted molar refractivity (Wildman–Crippen MR) is 82.9 cm³/mol. The topological polar surface area (TPSA) is 65.0 Å². The molecule has 0 bridgehead atoms. The summed E-state index contributed by atoms with van der Waals surface area (Å²) in [6, 6.07) is 6.54. The van der Waals surface area contributed by atoms with Gasteiger partial charge in [-0.15, -0.1) is 0 Å². The van der Waals surface area contributed by atoms with Crippen LogP contribution in [0.1, 0.15) is 0 Å². The van der Waals surface area contributed by atoms with Gasteiger partial charge in [0.1, 0.15) is 0 Å². The van der Waals surface area contributed by atoms with Crippen molar-refractivity contribution in [3.63, 3.8) is 0 Å². The number of esters is 1. The van der Waals surface area contributed by atoms with Crippen molar-refractivity contribution < 1.29 is 40.3 Å². The number of hydrogen-bond donors (Lipinski definition) is 0. The molecule has 0 saturated heterocycles. The number of thioether (sulfide) groups is 1. The van der Waals surface area contributed by atoms with Crippen molar-refractivity contribution >= 4 is 17.7 Å². The molecule has 2 heterocycles. The highest BCUT2D eigenvalue weighted by molar-refractivity contribution is 7.99. The molecule has 0 radical (unpaired) electrons.